The number of nitrogens with zero attached hydrogens (tertiary/aromatic N) is 1. The zero-order chi connectivity index (χ0) is 9.10. The van der Waals surface area contributed by atoms with Crippen LogP contribution >= 0.6 is 0 Å². The topological polar surface area (TPSA) is 20.3 Å². The second kappa shape index (κ2) is 3.60. The third-order valence-corrected chi connectivity index (χ3v) is 2.50. The van der Waals surface area contributed by atoms with Crippen molar-refractivity contribution in [2.45, 2.75) is 12.8 Å². The summed E-state index contributed by atoms with van der Waals surface area (Å²) in [6.45, 7) is 1.53. The van der Waals surface area contributed by atoms with Crippen molar-refractivity contribution in [3.8, 4) is 0 Å². The molecular formula is C11H13NO. The predicted molar refractivity (Wildman–Crippen MR) is 53.0 cm³/mol. The number of aldehydes is 1. The lowest BCUT2D eigenvalue weighted by Gasteiger charge is -2.29. The van der Waals surface area contributed by atoms with Crippen LogP contribution in [0.3, 0.4) is 0 Å². The summed E-state index contributed by atoms with van der Waals surface area (Å²) < 4.78 is 0. The molecule has 0 saturated heterocycles. The smallest absolute Gasteiger partial charge is 0.139 e. The Bertz CT molecular complexity index is 309. The van der Waals surface area contributed by atoms with E-state index in [9.17, 15) is 4.79 Å². The second-order valence-electron chi connectivity index (χ2n) is 3.34. The summed E-state index contributed by atoms with van der Waals surface area (Å²) in [5.41, 5.74) is 2.61. The Hall–Kier alpha value is -1.31. The Morgan fingerprint density at radius 2 is 2.23 bits per heavy atom. The summed E-state index contributed by atoms with van der Waals surface area (Å²) in [6, 6.07) is 8.33. The lowest BCUT2D eigenvalue weighted by Crippen LogP contribution is -2.30. The van der Waals surface area contributed by atoms with Crippen LogP contribution in [0.25, 0.3) is 0 Å². The summed E-state index contributed by atoms with van der Waals surface area (Å²) in [5, 5.41) is 0. The zero-order valence-electron chi connectivity index (χ0n) is 7.57. The van der Waals surface area contributed by atoms with Crippen LogP contribution in [0.2, 0.25) is 0 Å². The fraction of sp³-hybridized carbons (Fsp3) is 0.364. The molecule has 0 fully saturated rings. The van der Waals surface area contributed by atoms with E-state index in [0.717, 1.165) is 25.7 Å². The molecule has 0 saturated carbocycles. The van der Waals surface area contributed by atoms with Crippen molar-refractivity contribution in [3.63, 3.8) is 0 Å². The molecule has 68 valence electrons. The number of aryl methyl sites for hydroxylation is 1. The van der Waals surface area contributed by atoms with Gasteiger partial charge in [0, 0.05) is 12.2 Å². The number of carbonyl (C=O) groups excluding carboxylic acids is 1. The van der Waals surface area contributed by atoms with Gasteiger partial charge >= 0.3 is 0 Å². The van der Waals surface area contributed by atoms with E-state index in [1.807, 2.05) is 6.07 Å². The van der Waals surface area contributed by atoms with Crippen molar-refractivity contribution in [1.29, 1.82) is 0 Å². The highest BCUT2D eigenvalue weighted by Gasteiger charge is 2.14. The summed E-state index contributed by atoms with van der Waals surface area (Å²) >= 11 is 0. The van der Waals surface area contributed by atoms with Gasteiger partial charge in [-0.15, -0.1) is 0 Å². The van der Waals surface area contributed by atoms with Gasteiger partial charge in [-0.3, -0.25) is 0 Å². The summed E-state index contributed by atoms with van der Waals surface area (Å²) in [7, 11) is 0. The maximum atomic E-state index is 10.4. The third-order valence-electron chi connectivity index (χ3n) is 2.50. The number of benzene rings is 1. The number of hydrogen-bond donors (Lipinski definition) is 0. The van der Waals surface area contributed by atoms with Gasteiger partial charge in [0.25, 0.3) is 0 Å². The predicted octanol–water partition coefficient (Wildman–Crippen LogP) is 1.64. The van der Waals surface area contributed by atoms with Gasteiger partial charge in [0.15, 0.2) is 0 Å². The van der Waals surface area contributed by atoms with Gasteiger partial charge in [0.2, 0.25) is 0 Å². The van der Waals surface area contributed by atoms with Gasteiger partial charge in [-0.05, 0) is 24.5 Å². The number of para-hydroxylation sites is 1. The first-order valence-electron chi connectivity index (χ1n) is 4.68. The third kappa shape index (κ3) is 1.57. The largest absolute Gasteiger partial charge is 0.364 e. The van der Waals surface area contributed by atoms with Crippen molar-refractivity contribution in [2.24, 2.45) is 0 Å². The van der Waals surface area contributed by atoms with E-state index in [1.54, 1.807) is 0 Å². The maximum absolute atomic E-state index is 10.4. The average Bonchev–Trinajstić information content (AvgIpc) is 2.19. The summed E-state index contributed by atoms with van der Waals surface area (Å²) in [4.78, 5) is 12.6. The molecule has 2 nitrogen and oxygen atoms in total. The van der Waals surface area contributed by atoms with Crippen molar-refractivity contribution < 1.29 is 4.79 Å². The Morgan fingerprint density at radius 1 is 1.38 bits per heavy atom. The molecule has 0 aromatic heterocycles. The highest BCUT2D eigenvalue weighted by atomic mass is 16.1. The Labute approximate surface area is 78.2 Å². The van der Waals surface area contributed by atoms with Crippen molar-refractivity contribution in [1.82, 2.24) is 0 Å². The van der Waals surface area contributed by atoms with Gasteiger partial charge in [-0.25, -0.2) is 0 Å². The molecule has 2 heteroatoms. The molecule has 1 aliphatic rings. The molecule has 1 aliphatic heterocycles. The minimum Gasteiger partial charge on any atom is -0.364 e. The summed E-state index contributed by atoms with van der Waals surface area (Å²) in [5.74, 6) is 0. The highest BCUT2D eigenvalue weighted by Crippen LogP contribution is 2.25. The molecule has 0 radical (unpaired) electrons. The first-order valence-corrected chi connectivity index (χ1v) is 4.68. The van der Waals surface area contributed by atoms with E-state index in [0.29, 0.717) is 6.54 Å². The van der Waals surface area contributed by atoms with Crippen LogP contribution in [0, 0.1) is 0 Å². The van der Waals surface area contributed by atoms with E-state index in [1.165, 1.54) is 11.3 Å². The molecule has 0 bridgehead atoms. The molecule has 0 unspecified atom stereocenters. The molecular weight excluding hydrogens is 162 g/mol. The van der Waals surface area contributed by atoms with Gasteiger partial charge in [0.05, 0.1) is 6.54 Å². The van der Waals surface area contributed by atoms with Crippen LogP contribution in [-0.4, -0.2) is 19.4 Å². The van der Waals surface area contributed by atoms with Crippen LogP contribution in [0.1, 0.15) is 12.0 Å². The Morgan fingerprint density at radius 3 is 3.08 bits per heavy atom. The quantitative estimate of drug-likeness (QED) is 0.637. The first-order chi connectivity index (χ1) is 6.42. The van der Waals surface area contributed by atoms with Crippen molar-refractivity contribution in [3.05, 3.63) is 29.8 Å². The van der Waals surface area contributed by atoms with Gasteiger partial charge in [-0.1, -0.05) is 18.2 Å². The molecule has 1 heterocycles. The fourth-order valence-electron chi connectivity index (χ4n) is 1.89. The fourth-order valence-corrected chi connectivity index (χ4v) is 1.89. The van der Waals surface area contributed by atoms with E-state index < -0.39 is 0 Å². The van der Waals surface area contributed by atoms with Crippen LogP contribution < -0.4 is 4.90 Å². The van der Waals surface area contributed by atoms with Gasteiger partial charge in [-0.2, -0.15) is 0 Å². The monoisotopic (exact) mass is 175 g/mol. The van der Waals surface area contributed by atoms with Crippen molar-refractivity contribution in [2.75, 3.05) is 18.0 Å². The molecule has 1 aromatic rings. The number of hydrogen-bond acceptors (Lipinski definition) is 2. The minimum absolute atomic E-state index is 0.525. The van der Waals surface area contributed by atoms with Crippen LogP contribution in [-0.2, 0) is 11.2 Å². The molecule has 2 rings (SSSR count). The normalized spacial score (nSPS) is 15.2. The van der Waals surface area contributed by atoms with Gasteiger partial charge in [0.1, 0.15) is 6.29 Å². The summed E-state index contributed by atoms with van der Waals surface area (Å²) in [6.07, 6.45) is 3.28. The van der Waals surface area contributed by atoms with Crippen LogP contribution in [0.4, 0.5) is 5.69 Å². The molecule has 1 aromatic carbocycles. The number of fused-ring (bicyclic) bond motifs is 1. The van der Waals surface area contributed by atoms with Crippen LogP contribution in [0.15, 0.2) is 24.3 Å². The SMILES string of the molecule is O=CCN1CCCc2ccccc21. The lowest BCUT2D eigenvalue weighted by atomic mass is 10.0. The number of anilines is 1. The second-order valence-corrected chi connectivity index (χ2v) is 3.34. The van der Waals surface area contributed by atoms with E-state index in [-0.39, 0.29) is 0 Å². The molecule has 0 aliphatic carbocycles. The standard InChI is InChI=1S/C11H13NO/c13-9-8-12-7-3-5-10-4-1-2-6-11(10)12/h1-2,4,6,9H,3,5,7-8H2. The first kappa shape index (κ1) is 8.30. The molecule has 0 spiro atoms. The number of carbonyl (C=O) groups is 1. The zero-order valence-corrected chi connectivity index (χ0v) is 7.57. The average molecular weight is 175 g/mol. The molecule has 0 N–H and O–H groups in total. The van der Waals surface area contributed by atoms with Gasteiger partial charge < -0.3 is 9.69 Å². The highest BCUT2D eigenvalue weighted by molar-refractivity contribution is 5.64. The van der Waals surface area contributed by atoms with Crippen LogP contribution in [0.5, 0.6) is 0 Å². The lowest BCUT2D eigenvalue weighted by molar-refractivity contribution is -0.106. The van der Waals surface area contributed by atoms with Crippen molar-refractivity contribution >= 4 is 12.0 Å². The minimum atomic E-state index is 0.525. The van der Waals surface area contributed by atoms with E-state index >= 15 is 0 Å². The number of rotatable bonds is 2. The molecule has 0 atom stereocenters. The molecule has 0 amide bonds. The van der Waals surface area contributed by atoms with E-state index in [4.69, 9.17) is 0 Å². The molecule has 13 heavy (non-hydrogen) atoms. The van der Waals surface area contributed by atoms with E-state index in [2.05, 4.69) is 23.1 Å². The Kier molecular flexibility index (Phi) is 2.30. The maximum Gasteiger partial charge on any atom is 0.139 e. The Balaban J connectivity index is 2.31.